The molecule has 1 aromatic rings. The first kappa shape index (κ1) is 18.9. The first-order valence-electron chi connectivity index (χ1n) is 7.27. The molecule has 1 aromatic carbocycles. The third kappa shape index (κ3) is 4.96. The number of rotatable bonds is 7. The second kappa shape index (κ2) is 6.98. The number of nitro benzene ring substituents is 1. The van der Waals surface area contributed by atoms with Crippen molar-refractivity contribution in [1.82, 2.24) is 0 Å². The molecule has 124 valence electrons. The average Bonchev–Trinajstić information content (AvgIpc) is 2.37. The van der Waals surface area contributed by atoms with Crippen LogP contribution >= 0.6 is 11.6 Å². The maximum absolute atomic E-state index is 10.8. The second-order valence-corrected chi connectivity index (χ2v) is 11.7. The van der Waals surface area contributed by atoms with Gasteiger partial charge >= 0.3 is 0 Å². The summed E-state index contributed by atoms with van der Waals surface area (Å²) in [5.41, 5.74) is -0.0455. The Kier molecular flexibility index (Phi) is 6.00. The van der Waals surface area contributed by atoms with E-state index in [0.29, 0.717) is 10.8 Å². The fourth-order valence-electron chi connectivity index (χ4n) is 1.84. The minimum atomic E-state index is -2.25. The number of ether oxygens (including phenoxy) is 1. The van der Waals surface area contributed by atoms with Gasteiger partial charge in [0.25, 0.3) is 5.69 Å². The Balaban J connectivity index is 2.72. The maximum atomic E-state index is 10.8. The largest absolute Gasteiger partial charge is 0.489 e. The van der Waals surface area contributed by atoms with Crippen molar-refractivity contribution in [3.05, 3.63) is 33.3 Å². The molecule has 0 aliphatic rings. The van der Waals surface area contributed by atoms with Crippen LogP contribution in [-0.4, -0.2) is 24.1 Å². The van der Waals surface area contributed by atoms with Crippen LogP contribution in [0.5, 0.6) is 5.75 Å². The minimum Gasteiger partial charge on any atom is -0.489 e. The molecular weight excluding hydrogens is 322 g/mol. The molecule has 0 heterocycles. The van der Waals surface area contributed by atoms with Gasteiger partial charge in [-0.2, -0.15) is 0 Å². The zero-order chi connectivity index (χ0) is 17.1. The predicted octanol–water partition coefficient (Wildman–Crippen LogP) is 4.77. The zero-order valence-electron chi connectivity index (χ0n) is 13.7. The van der Waals surface area contributed by atoms with Crippen molar-refractivity contribution in [3.63, 3.8) is 0 Å². The molecule has 5 nitrogen and oxygen atoms in total. The Labute approximate surface area is 137 Å². The van der Waals surface area contributed by atoms with E-state index in [2.05, 4.69) is 13.8 Å². The molecule has 1 rings (SSSR count). The SMILES string of the molecule is C[C@@H](CCC(C)(C)[Si](C)(C)O)Oc1cc([N+](=O)[O-])ccc1Cl. The monoisotopic (exact) mass is 345 g/mol. The van der Waals surface area contributed by atoms with Crippen molar-refractivity contribution < 1.29 is 14.5 Å². The van der Waals surface area contributed by atoms with Gasteiger partial charge in [-0.25, -0.2) is 0 Å². The predicted molar refractivity (Wildman–Crippen MR) is 91.2 cm³/mol. The Bertz CT molecular complexity index is 543. The van der Waals surface area contributed by atoms with Crippen LogP contribution in [0.1, 0.15) is 33.6 Å². The van der Waals surface area contributed by atoms with Gasteiger partial charge in [0.15, 0.2) is 8.32 Å². The van der Waals surface area contributed by atoms with Crippen LogP contribution in [0.25, 0.3) is 0 Å². The van der Waals surface area contributed by atoms with E-state index >= 15 is 0 Å². The fourth-order valence-corrected chi connectivity index (χ4v) is 2.76. The van der Waals surface area contributed by atoms with Crippen molar-refractivity contribution >= 4 is 25.6 Å². The van der Waals surface area contributed by atoms with Crippen molar-refractivity contribution in [3.8, 4) is 5.75 Å². The summed E-state index contributed by atoms with van der Waals surface area (Å²) in [6.07, 6.45) is 1.41. The van der Waals surface area contributed by atoms with Gasteiger partial charge in [-0.1, -0.05) is 25.4 Å². The van der Waals surface area contributed by atoms with Crippen molar-refractivity contribution in [2.45, 2.75) is 57.8 Å². The molecule has 0 saturated heterocycles. The summed E-state index contributed by atoms with van der Waals surface area (Å²) in [5.74, 6) is 0.321. The van der Waals surface area contributed by atoms with Crippen molar-refractivity contribution in [2.75, 3.05) is 0 Å². The van der Waals surface area contributed by atoms with Gasteiger partial charge in [-0.15, -0.1) is 0 Å². The summed E-state index contributed by atoms with van der Waals surface area (Å²) in [5, 5.41) is 11.0. The van der Waals surface area contributed by atoms with Crippen LogP contribution in [0, 0.1) is 10.1 Å². The molecule has 0 aromatic heterocycles. The molecule has 22 heavy (non-hydrogen) atoms. The smallest absolute Gasteiger partial charge is 0.273 e. The Morgan fingerprint density at radius 1 is 1.45 bits per heavy atom. The lowest BCUT2D eigenvalue weighted by Crippen LogP contribution is -2.39. The molecule has 1 atom stereocenters. The number of benzene rings is 1. The molecule has 0 unspecified atom stereocenters. The van der Waals surface area contributed by atoms with Crippen LogP contribution in [-0.2, 0) is 0 Å². The van der Waals surface area contributed by atoms with Crippen LogP contribution in [0.3, 0.4) is 0 Å². The fraction of sp³-hybridized carbons (Fsp3) is 0.600. The lowest BCUT2D eigenvalue weighted by Gasteiger charge is -2.35. The topological polar surface area (TPSA) is 72.6 Å². The minimum absolute atomic E-state index is 0.0455. The van der Waals surface area contributed by atoms with E-state index in [-0.39, 0.29) is 16.8 Å². The van der Waals surface area contributed by atoms with Gasteiger partial charge in [0, 0.05) is 6.07 Å². The Hall–Kier alpha value is -1.11. The number of halogens is 1. The highest BCUT2D eigenvalue weighted by molar-refractivity contribution is 6.72. The van der Waals surface area contributed by atoms with Gasteiger partial charge < -0.3 is 9.53 Å². The third-order valence-electron chi connectivity index (χ3n) is 4.29. The lowest BCUT2D eigenvalue weighted by atomic mass is 10.0. The first-order chi connectivity index (χ1) is 9.94. The molecule has 1 N–H and O–H groups in total. The molecule has 0 spiro atoms. The highest BCUT2D eigenvalue weighted by atomic mass is 35.5. The summed E-state index contributed by atoms with van der Waals surface area (Å²) < 4.78 is 5.74. The Morgan fingerprint density at radius 2 is 2.05 bits per heavy atom. The molecule has 0 bridgehead atoms. The summed E-state index contributed by atoms with van der Waals surface area (Å²) in [6, 6.07) is 4.16. The van der Waals surface area contributed by atoms with E-state index in [0.717, 1.165) is 12.8 Å². The molecule has 0 aliphatic carbocycles. The molecule has 0 amide bonds. The van der Waals surface area contributed by atoms with E-state index in [1.165, 1.54) is 18.2 Å². The van der Waals surface area contributed by atoms with E-state index < -0.39 is 13.2 Å². The normalized spacial score (nSPS) is 13.8. The number of nitro groups is 1. The van der Waals surface area contributed by atoms with Crippen LogP contribution in [0.2, 0.25) is 23.2 Å². The van der Waals surface area contributed by atoms with E-state index in [1.54, 1.807) is 0 Å². The van der Waals surface area contributed by atoms with Crippen molar-refractivity contribution in [1.29, 1.82) is 0 Å². The second-order valence-electron chi connectivity index (χ2n) is 6.78. The summed E-state index contributed by atoms with van der Waals surface area (Å²) in [7, 11) is -2.25. The van der Waals surface area contributed by atoms with Crippen LogP contribution < -0.4 is 4.74 Å². The number of non-ortho nitro benzene ring substituents is 1. The first-order valence-corrected chi connectivity index (χ1v) is 10.6. The highest BCUT2D eigenvalue weighted by Gasteiger charge is 2.37. The molecular formula is C15H24ClNO4Si. The molecule has 0 aliphatic heterocycles. The van der Waals surface area contributed by atoms with E-state index in [1.807, 2.05) is 20.0 Å². The third-order valence-corrected chi connectivity index (χ3v) is 8.16. The number of hydrogen-bond acceptors (Lipinski definition) is 4. The molecule has 0 fully saturated rings. The maximum Gasteiger partial charge on any atom is 0.273 e. The van der Waals surface area contributed by atoms with Gasteiger partial charge in [0.05, 0.1) is 22.1 Å². The highest BCUT2D eigenvalue weighted by Crippen LogP contribution is 2.40. The quantitative estimate of drug-likeness (QED) is 0.438. The number of nitrogens with zero attached hydrogens (tertiary/aromatic N) is 1. The van der Waals surface area contributed by atoms with Crippen LogP contribution in [0.15, 0.2) is 18.2 Å². The summed E-state index contributed by atoms with van der Waals surface area (Å²) >= 11 is 6.03. The average molecular weight is 346 g/mol. The molecule has 7 heteroatoms. The van der Waals surface area contributed by atoms with E-state index in [9.17, 15) is 14.9 Å². The molecule has 0 radical (unpaired) electrons. The Morgan fingerprint density at radius 3 is 2.55 bits per heavy atom. The van der Waals surface area contributed by atoms with Crippen molar-refractivity contribution in [2.24, 2.45) is 0 Å². The number of hydrogen-bond donors (Lipinski definition) is 1. The molecule has 0 saturated carbocycles. The lowest BCUT2D eigenvalue weighted by molar-refractivity contribution is -0.384. The van der Waals surface area contributed by atoms with Gasteiger partial charge in [-0.3, -0.25) is 10.1 Å². The van der Waals surface area contributed by atoms with Gasteiger partial charge in [0.2, 0.25) is 0 Å². The van der Waals surface area contributed by atoms with Crippen LogP contribution in [0.4, 0.5) is 5.69 Å². The van der Waals surface area contributed by atoms with Gasteiger partial charge in [0.1, 0.15) is 5.75 Å². The standard InChI is InChI=1S/C15H24ClNO4Si/c1-11(8-9-15(2,3)22(4,5)20)21-14-10-12(17(18)19)6-7-13(14)16/h6-7,10-11,20H,8-9H2,1-5H3/t11-/m0/s1. The zero-order valence-corrected chi connectivity index (χ0v) is 15.5. The van der Waals surface area contributed by atoms with E-state index in [4.69, 9.17) is 16.3 Å². The summed E-state index contributed by atoms with van der Waals surface area (Å²) in [6.45, 7) is 9.88. The van der Waals surface area contributed by atoms with Gasteiger partial charge in [-0.05, 0) is 44.0 Å². The summed E-state index contributed by atoms with van der Waals surface area (Å²) in [4.78, 5) is 20.6.